The summed E-state index contributed by atoms with van der Waals surface area (Å²) in [6, 6.07) is 17.8. The summed E-state index contributed by atoms with van der Waals surface area (Å²) < 4.78 is 0. The van der Waals surface area contributed by atoms with Crippen molar-refractivity contribution < 1.29 is 9.59 Å². The second-order valence-corrected chi connectivity index (χ2v) is 7.03. The number of benzene rings is 2. The molecule has 1 aliphatic heterocycles. The minimum Gasteiger partial charge on any atom is -0.338 e. The lowest BCUT2D eigenvalue weighted by atomic mass is 9.89. The van der Waals surface area contributed by atoms with E-state index in [9.17, 15) is 9.59 Å². The third-order valence-corrected chi connectivity index (χ3v) is 5.02. The third-order valence-electron chi connectivity index (χ3n) is 5.02. The fraction of sp³-hybridized carbons (Fsp3) is 0.364. The summed E-state index contributed by atoms with van der Waals surface area (Å²) in [7, 11) is 0. The number of fused-ring (bicyclic) bond motifs is 1. The van der Waals surface area contributed by atoms with Gasteiger partial charge in [0.15, 0.2) is 0 Å². The van der Waals surface area contributed by atoms with Crippen molar-refractivity contribution in [1.29, 1.82) is 0 Å². The quantitative estimate of drug-likeness (QED) is 0.755. The van der Waals surface area contributed by atoms with Crippen LogP contribution in [0.5, 0.6) is 0 Å². The second-order valence-electron chi connectivity index (χ2n) is 7.03. The zero-order valence-electron chi connectivity index (χ0n) is 15.6. The molecule has 0 bridgehead atoms. The van der Waals surface area contributed by atoms with Gasteiger partial charge in [-0.3, -0.25) is 9.59 Å². The van der Waals surface area contributed by atoms with Gasteiger partial charge in [0.1, 0.15) is 0 Å². The van der Waals surface area contributed by atoms with E-state index in [0.717, 1.165) is 23.2 Å². The lowest BCUT2D eigenvalue weighted by molar-refractivity contribution is -0.132. The summed E-state index contributed by atoms with van der Waals surface area (Å²) in [6.07, 6.45) is 2.40. The molecule has 5 heteroatoms. The predicted octanol–water partition coefficient (Wildman–Crippen LogP) is 2.96. The van der Waals surface area contributed by atoms with Crippen LogP contribution in [0.4, 0.5) is 5.69 Å². The normalized spacial score (nSPS) is 15.7. The van der Waals surface area contributed by atoms with Crippen molar-refractivity contribution in [2.75, 3.05) is 18.4 Å². The van der Waals surface area contributed by atoms with E-state index in [1.54, 1.807) is 0 Å². The number of nitrogens with one attached hydrogen (secondary N) is 1. The number of nitrogens with two attached hydrogens (primary N) is 1. The molecule has 3 N–H and O–H groups in total. The Morgan fingerprint density at radius 1 is 1.11 bits per heavy atom. The fourth-order valence-electron chi connectivity index (χ4n) is 3.48. The van der Waals surface area contributed by atoms with Crippen LogP contribution in [0.1, 0.15) is 30.4 Å². The molecule has 0 radical (unpaired) electrons. The van der Waals surface area contributed by atoms with Crippen LogP contribution in [-0.2, 0) is 22.6 Å². The van der Waals surface area contributed by atoms with E-state index in [4.69, 9.17) is 5.73 Å². The molecule has 142 valence electrons. The van der Waals surface area contributed by atoms with Crippen LogP contribution in [0.3, 0.4) is 0 Å². The van der Waals surface area contributed by atoms with E-state index in [-0.39, 0.29) is 17.7 Å². The Morgan fingerprint density at radius 3 is 2.63 bits per heavy atom. The first kappa shape index (κ1) is 19.1. The molecular formula is C22H27N3O2. The molecule has 0 saturated carbocycles. The number of hydrogen-bond acceptors (Lipinski definition) is 3. The number of hydrogen-bond donors (Lipinski definition) is 2. The molecule has 27 heavy (non-hydrogen) atoms. The van der Waals surface area contributed by atoms with Gasteiger partial charge in [-0.15, -0.1) is 0 Å². The van der Waals surface area contributed by atoms with Crippen molar-refractivity contribution in [2.45, 2.75) is 32.2 Å². The first-order chi connectivity index (χ1) is 13.2. The molecule has 3 rings (SSSR count). The van der Waals surface area contributed by atoms with Crippen LogP contribution in [-0.4, -0.2) is 29.8 Å². The van der Waals surface area contributed by atoms with Crippen molar-refractivity contribution >= 4 is 17.5 Å². The Balaban J connectivity index is 1.59. The highest BCUT2D eigenvalue weighted by Crippen LogP contribution is 2.27. The van der Waals surface area contributed by atoms with Crippen LogP contribution < -0.4 is 11.1 Å². The second kappa shape index (κ2) is 9.33. The monoisotopic (exact) mass is 365 g/mol. The van der Waals surface area contributed by atoms with Crippen LogP contribution in [0.15, 0.2) is 54.6 Å². The molecule has 0 saturated heterocycles. The SMILES string of the molecule is NCCCN(Cc1ccccc1)C(=O)CCC1Cc2ccccc2NC1=O. The van der Waals surface area contributed by atoms with Gasteiger partial charge in [-0.2, -0.15) is 0 Å². The maximum absolute atomic E-state index is 12.8. The van der Waals surface area contributed by atoms with E-state index in [1.807, 2.05) is 59.5 Å². The molecule has 0 aromatic heterocycles. The molecule has 2 aromatic rings. The zero-order chi connectivity index (χ0) is 19.1. The molecule has 1 atom stereocenters. The molecule has 0 spiro atoms. The minimum absolute atomic E-state index is 0.0121. The van der Waals surface area contributed by atoms with Gasteiger partial charge in [-0.1, -0.05) is 48.5 Å². The molecule has 1 aliphatic rings. The van der Waals surface area contributed by atoms with Gasteiger partial charge in [0.2, 0.25) is 11.8 Å². The van der Waals surface area contributed by atoms with E-state index in [0.29, 0.717) is 38.9 Å². The molecule has 2 aromatic carbocycles. The number of nitrogens with zero attached hydrogens (tertiary/aromatic N) is 1. The van der Waals surface area contributed by atoms with Crippen molar-refractivity contribution in [3.8, 4) is 0 Å². The summed E-state index contributed by atoms with van der Waals surface area (Å²) in [4.78, 5) is 27.0. The number of carbonyl (C=O) groups is 2. The average molecular weight is 365 g/mol. The summed E-state index contributed by atoms with van der Waals surface area (Å²) in [6.45, 7) is 1.78. The maximum Gasteiger partial charge on any atom is 0.227 e. The Morgan fingerprint density at radius 2 is 1.85 bits per heavy atom. The molecule has 2 amide bonds. The van der Waals surface area contributed by atoms with Gasteiger partial charge in [0.25, 0.3) is 0 Å². The summed E-state index contributed by atoms with van der Waals surface area (Å²) in [5.74, 6) is -0.0611. The molecule has 0 fully saturated rings. The number of rotatable bonds is 8. The highest BCUT2D eigenvalue weighted by Gasteiger charge is 2.27. The van der Waals surface area contributed by atoms with Crippen LogP contribution in [0, 0.1) is 5.92 Å². The van der Waals surface area contributed by atoms with E-state index in [1.165, 1.54) is 0 Å². The summed E-state index contributed by atoms with van der Waals surface area (Å²) >= 11 is 0. The smallest absolute Gasteiger partial charge is 0.227 e. The Labute approximate surface area is 160 Å². The molecule has 1 unspecified atom stereocenters. The first-order valence-corrected chi connectivity index (χ1v) is 9.58. The van der Waals surface area contributed by atoms with E-state index < -0.39 is 0 Å². The van der Waals surface area contributed by atoms with Gasteiger partial charge in [-0.25, -0.2) is 0 Å². The molecular weight excluding hydrogens is 338 g/mol. The van der Waals surface area contributed by atoms with Crippen molar-refractivity contribution in [2.24, 2.45) is 11.7 Å². The maximum atomic E-state index is 12.8. The topological polar surface area (TPSA) is 75.4 Å². The van der Waals surface area contributed by atoms with Gasteiger partial charge in [-0.05, 0) is 43.0 Å². The van der Waals surface area contributed by atoms with Crippen molar-refractivity contribution in [3.63, 3.8) is 0 Å². The largest absolute Gasteiger partial charge is 0.338 e. The Bertz CT molecular complexity index is 776. The Kier molecular flexibility index (Phi) is 6.60. The molecule has 1 heterocycles. The number of carbonyl (C=O) groups excluding carboxylic acids is 2. The van der Waals surface area contributed by atoms with Crippen LogP contribution >= 0.6 is 0 Å². The summed E-state index contributed by atoms with van der Waals surface area (Å²) in [5, 5.41) is 2.96. The van der Waals surface area contributed by atoms with E-state index >= 15 is 0 Å². The standard InChI is InChI=1S/C22H27N3O2/c23-13-6-14-25(16-17-7-2-1-3-8-17)21(26)12-11-19-15-18-9-4-5-10-20(18)24-22(19)27/h1-5,7-10,19H,6,11-16,23H2,(H,24,27). The molecule has 5 nitrogen and oxygen atoms in total. The Hall–Kier alpha value is -2.66. The number of amides is 2. The summed E-state index contributed by atoms with van der Waals surface area (Å²) in [5.41, 5.74) is 8.76. The third kappa shape index (κ3) is 5.17. The van der Waals surface area contributed by atoms with Gasteiger partial charge in [0.05, 0.1) is 0 Å². The first-order valence-electron chi connectivity index (χ1n) is 9.58. The van der Waals surface area contributed by atoms with Gasteiger partial charge >= 0.3 is 0 Å². The zero-order valence-corrected chi connectivity index (χ0v) is 15.6. The van der Waals surface area contributed by atoms with Crippen LogP contribution in [0.25, 0.3) is 0 Å². The van der Waals surface area contributed by atoms with Crippen molar-refractivity contribution in [3.05, 3.63) is 65.7 Å². The number of para-hydroxylation sites is 1. The highest BCUT2D eigenvalue weighted by atomic mass is 16.2. The van der Waals surface area contributed by atoms with Gasteiger partial charge < -0.3 is 16.0 Å². The lowest BCUT2D eigenvalue weighted by Crippen LogP contribution is -2.34. The lowest BCUT2D eigenvalue weighted by Gasteiger charge is -2.26. The van der Waals surface area contributed by atoms with Crippen LogP contribution in [0.2, 0.25) is 0 Å². The highest BCUT2D eigenvalue weighted by molar-refractivity contribution is 5.96. The fourth-order valence-corrected chi connectivity index (χ4v) is 3.48. The van der Waals surface area contributed by atoms with E-state index in [2.05, 4.69) is 5.32 Å². The predicted molar refractivity (Wildman–Crippen MR) is 107 cm³/mol. The number of anilines is 1. The van der Waals surface area contributed by atoms with Gasteiger partial charge in [0, 0.05) is 31.1 Å². The van der Waals surface area contributed by atoms with Crippen molar-refractivity contribution in [1.82, 2.24) is 4.90 Å². The average Bonchev–Trinajstić information content (AvgIpc) is 2.70. The molecule has 0 aliphatic carbocycles. The minimum atomic E-state index is -0.156.